The number of aromatic nitrogens is 2. The minimum atomic E-state index is 0.246. The number of H-pyrrole nitrogens is 1. The highest BCUT2D eigenvalue weighted by molar-refractivity contribution is 7.13. The van der Waals surface area contributed by atoms with Crippen molar-refractivity contribution in [1.82, 2.24) is 14.9 Å². The maximum absolute atomic E-state index is 13.1. The number of carbonyl (C=O) groups is 1. The SMILES string of the molecule is CCCCC(CC(=O)c1cnc(CCN2CCOCC2)s1)Cc1c[nH]c2ccccc12. The predicted molar refractivity (Wildman–Crippen MR) is 127 cm³/mol. The van der Waals surface area contributed by atoms with E-state index in [0.717, 1.165) is 74.8 Å². The second-order valence-electron chi connectivity index (χ2n) is 8.52. The number of nitrogens with one attached hydrogen (secondary N) is 1. The lowest BCUT2D eigenvalue weighted by Gasteiger charge is -2.25. The zero-order valence-corrected chi connectivity index (χ0v) is 19.3. The molecule has 3 aromatic rings. The average Bonchev–Trinajstić information content (AvgIpc) is 3.44. The number of rotatable bonds is 11. The minimum absolute atomic E-state index is 0.246. The highest BCUT2D eigenvalue weighted by Crippen LogP contribution is 2.27. The molecule has 1 saturated heterocycles. The highest BCUT2D eigenvalue weighted by Gasteiger charge is 2.19. The van der Waals surface area contributed by atoms with Gasteiger partial charge in [0.15, 0.2) is 5.78 Å². The standard InChI is InChI=1S/C25H33N3O2S/c1-2-3-6-19(15-20-17-26-22-8-5-4-7-21(20)22)16-23(29)24-18-27-25(31-24)9-10-28-11-13-30-14-12-28/h4-5,7-8,17-19,26H,2-3,6,9-16H2,1H3. The van der Waals surface area contributed by atoms with E-state index in [0.29, 0.717) is 12.3 Å². The first-order valence-electron chi connectivity index (χ1n) is 11.6. The number of benzene rings is 1. The summed E-state index contributed by atoms with van der Waals surface area (Å²) in [7, 11) is 0. The van der Waals surface area contributed by atoms with Gasteiger partial charge >= 0.3 is 0 Å². The molecule has 2 aromatic heterocycles. The second kappa shape index (κ2) is 11.0. The molecule has 5 nitrogen and oxygen atoms in total. The summed E-state index contributed by atoms with van der Waals surface area (Å²) in [5, 5.41) is 2.34. The molecule has 0 spiro atoms. The number of carbonyl (C=O) groups excluding carboxylic acids is 1. The maximum atomic E-state index is 13.1. The summed E-state index contributed by atoms with van der Waals surface area (Å²) < 4.78 is 5.41. The van der Waals surface area contributed by atoms with Crippen LogP contribution in [0, 0.1) is 5.92 Å². The second-order valence-corrected chi connectivity index (χ2v) is 9.64. The average molecular weight is 440 g/mol. The van der Waals surface area contributed by atoms with Gasteiger partial charge in [-0.3, -0.25) is 9.69 Å². The molecule has 1 atom stereocenters. The molecule has 1 N–H and O–H groups in total. The van der Waals surface area contributed by atoms with E-state index < -0.39 is 0 Å². The van der Waals surface area contributed by atoms with Crippen molar-refractivity contribution in [3.8, 4) is 0 Å². The number of thiazole rings is 1. The molecule has 1 fully saturated rings. The van der Waals surface area contributed by atoms with Gasteiger partial charge in [0.05, 0.1) is 23.1 Å². The van der Waals surface area contributed by atoms with E-state index in [1.54, 1.807) is 17.5 Å². The Balaban J connectivity index is 1.36. The summed E-state index contributed by atoms with van der Waals surface area (Å²) >= 11 is 1.58. The molecule has 6 heteroatoms. The summed E-state index contributed by atoms with van der Waals surface area (Å²) in [6.45, 7) is 6.82. The Morgan fingerprint density at radius 2 is 2.13 bits per heavy atom. The van der Waals surface area contributed by atoms with E-state index >= 15 is 0 Å². The van der Waals surface area contributed by atoms with Crippen LogP contribution in [0.3, 0.4) is 0 Å². The summed E-state index contributed by atoms with van der Waals surface area (Å²) in [5.41, 5.74) is 2.49. The van der Waals surface area contributed by atoms with Crippen LogP contribution in [-0.2, 0) is 17.6 Å². The first-order chi connectivity index (χ1) is 15.2. The smallest absolute Gasteiger partial charge is 0.174 e. The van der Waals surface area contributed by atoms with Crippen LogP contribution in [0.15, 0.2) is 36.7 Å². The molecule has 1 aromatic carbocycles. The molecule has 0 radical (unpaired) electrons. The van der Waals surface area contributed by atoms with Crippen molar-refractivity contribution in [2.45, 2.75) is 45.4 Å². The molecule has 31 heavy (non-hydrogen) atoms. The first-order valence-corrected chi connectivity index (χ1v) is 12.4. The van der Waals surface area contributed by atoms with Crippen molar-refractivity contribution in [3.63, 3.8) is 0 Å². The van der Waals surface area contributed by atoms with Crippen LogP contribution in [0.5, 0.6) is 0 Å². The fourth-order valence-corrected chi connectivity index (χ4v) is 5.23. The Kier molecular flexibility index (Phi) is 7.89. The number of ketones is 1. The van der Waals surface area contributed by atoms with Gasteiger partial charge < -0.3 is 9.72 Å². The van der Waals surface area contributed by atoms with Crippen LogP contribution >= 0.6 is 11.3 Å². The Morgan fingerprint density at radius 1 is 1.29 bits per heavy atom. The van der Waals surface area contributed by atoms with E-state index in [-0.39, 0.29) is 5.78 Å². The van der Waals surface area contributed by atoms with Gasteiger partial charge in [0.1, 0.15) is 0 Å². The molecule has 0 aliphatic carbocycles. The lowest BCUT2D eigenvalue weighted by molar-refractivity contribution is 0.0384. The fraction of sp³-hybridized carbons (Fsp3) is 0.520. The molecule has 1 aliphatic rings. The summed E-state index contributed by atoms with van der Waals surface area (Å²) in [4.78, 5) is 24.2. The zero-order chi connectivity index (χ0) is 21.5. The molecule has 3 heterocycles. The number of para-hydroxylation sites is 1. The van der Waals surface area contributed by atoms with E-state index in [2.05, 4.69) is 52.3 Å². The fourth-order valence-electron chi connectivity index (χ4n) is 4.38. The van der Waals surface area contributed by atoms with Gasteiger partial charge in [-0.1, -0.05) is 38.0 Å². The van der Waals surface area contributed by atoms with Crippen molar-refractivity contribution < 1.29 is 9.53 Å². The van der Waals surface area contributed by atoms with E-state index in [1.165, 1.54) is 16.5 Å². The monoisotopic (exact) mass is 439 g/mol. The summed E-state index contributed by atoms with van der Waals surface area (Å²) in [6, 6.07) is 8.42. The lowest BCUT2D eigenvalue weighted by atomic mass is 9.89. The van der Waals surface area contributed by atoms with Crippen molar-refractivity contribution in [2.75, 3.05) is 32.8 Å². The topological polar surface area (TPSA) is 58.2 Å². The molecule has 0 bridgehead atoms. The maximum Gasteiger partial charge on any atom is 0.174 e. The zero-order valence-electron chi connectivity index (χ0n) is 18.4. The number of morpholine rings is 1. The number of unbranched alkanes of at least 4 members (excludes halogenated alkanes) is 1. The van der Waals surface area contributed by atoms with Crippen molar-refractivity contribution >= 4 is 28.0 Å². The molecule has 166 valence electrons. The number of aromatic amines is 1. The van der Waals surface area contributed by atoms with Gasteiger partial charge in [-0.15, -0.1) is 11.3 Å². The van der Waals surface area contributed by atoms with Crippen LogP contribution in [0.4, 0.5) is 0 Å². The van der Waals surface area contributed by atoms with Gasteiger partial charge in [0.25, 0.3) is 0 Å². The number of hydrogen-bond donors (Lipinski definition) is 1. The third-order valence-electron chi connectivity index (χ3n) is 6.20. The Morgan fingerprint density at radius 3 is 2.97 bits per heavy atom. The third kappa shape index (κ3) is 6.03. The molecule has 1 aliphatic heterocycles. The first kappa shape index (κ1) is 22.2. The quantitative estimate of drug-likeness (QED) is 0.421. The van der Waals surface area contributed by atoms with Crippen LogP contribution in [0.25, 0.3) is 10.9 Å². The van der Waals surface area contributed by atoms with Crippen LogP contribution in [-0.4, -0.2) is 53.5 Å². The number of fused-ring (bicyclic) bond motifs is 1. The van der Waals surface area contributed by atoms with Crippen molar-refractivity contribution in [2.24, 2.45) is 5.92 Å². The molecule has 1 unspecified atom stereocenters. The summed E-state index contributed by atoms with van der Waals surface area (Å²) in [5.74, 6) is 0.613. The van der Waals surface area contributed by atoms with Gasteiger partial charge in [0, 0.05) is 55.8 Å². The highest BCUT2D eigenvalue weighted by atomic mass is 32.1. The van der Waals surface area contributed by atoms with E-state index in [1.807, 2.05) is 0 Å². The Bertz CT molecular complexity index is 974. The van der Waals surface area contributed by atoms with Gasteiger partial charge in [-0.2, -0.15) is 0 Å². The molecule has 0 amide bonds. The normalized spacial score (nSPS) is 16.0. The predicted octanol–water partition coefficient (Wildman–Crippen LogP) is 5.12. The number of Topliss-reactive ketones (excluding diaryl/α,β-unsaturated/α-hetero) is 1. The van der Waals surface area contributed by atoms with Gasteiger partial charge in [0.2, 0.25) is 0 Å². The number of nitrogens with zero attached hydrogens (tertiary/aromatic N) is 2. The Labute approximate surface area is 188 Å². The molecular formula is C25H33N3O2S. The number of hydrogen-bond acceptors (Lipinski definition) is 5. The lowest BCUT2D eigenvalue weighted by Crippen LogP contribution is -2.37. The van der Waals surface area contributed by atoms with Crippen LogP contribution < -0.4 is 0 Å². The summed E-state index contributed by atoms with van der Waals surface area (Å²) in [6.07, 6.45) is 9.77. The molecular weight excluding hydrogens is 406 g/mol. The minimum Gasteiger partial charge on any atom is -0.379 e. The Hall–Kier alpha value is -2.02. The van der Waals surface area contributed by atoms with E-state index in [4.69, 9.17) is 4.74 Å². The largest absolute Gasteiger partial charge is 0.379 e. The van der Waals surface area contributed by atoms with E-state index in [9.17, 15) is 4.79 Å². The number of ether oxygens (including phenoxy) is 1. The van der Waals surface area contributed by atoms with Crippen LogP contribution in [0.1, 0.15) is 52.8 Å². The van der Waals surface area contributed by atoms with Crippen molar-refractivity contribution in [3.05, 3.63) is 52.1 Å². The third-order valence-corrected chi connectivity index (χ3v) is 7.30. The van der Waals surface area contributed by atoms with Crippen molar-refractivity contribution in [1.29, 1.82) is 0 Å². The van der Waals surface area contributed by atoms with Crippen LogP contribution in [0.2, 0.25) is 0 Å². The molecule has 4 rings (SSSR count). The van der Waals surface area contributed by atoms with Gasteiger partial charge in [-0.05, 0) is 30.4 Å². The molecule has 0 saturated carbocycles. The van der Waals surface area contributed by atoms with Gasteiger partial charge in [-0.25, -0.2) is 4.98 Å².